The van der Waals surface area contributed by atoms with Crippen LogP contribution in [0.15, 0.2) is 30.3 Å². The fourth-order valence-electron chi connectivity index (χ4n) is 3.95. The standard InChI is InChI=1S/C21H33NO4/c1-3-22(4-2)15-19(23)16-26-20(24)21(25,17-11-7-5-8-12-17)18-13-9-6-10-14-18/h5,7-8,11-12,18-19,23,25H,3-4,6,9-10,13-16H2,1-2H3/p+1/t19-,21+/m0/s1. The van der Waals surface area contributed by atoms with E-state index in [4.69, 9.17) is 4.74 Å². The molecule has 2 atom stereocenters. The second-order valence-corrected chi connectivity index (χ2v) is 7.38. The van der Waals surface area contributed by atoms with Crippen LogP contribution in [0.5, 0.6) is 0 Å². The second kappa shape index (κ2) is 10.0. The summed E-state index contributed by atoms with van der Waals surface area (Å²) in [6.45, 7) is 6.41. The van der Waals surface area contributed by atoms with Gasteiger partial charge >= 0.3 is 5.97 Å². The van der Waals surface area contributed by atoms with E-state index in [0.29, 0.717) is 12.1 Å². The van der Waals surface area contributed by atoms with Crippen LogP contribution in [-0.2, 0) is 15.1 Å². The molecule has 3 N–H and O–H groups in total. The zero-order chi connectivity index (χ0) is 19.0. The third-order valence-electron chi connectivity index (χ3n) is 5.65. The summed E-state index contributed by atoms with van der Waals surface area (Å²) in [7, 11) is 0. The third kappa shape index (κ3) is 5.06. The van der Waals surface area contributed by atoms with E-state index in [-0.39, 0.29) is 12.5 Å². The van der Waals surface area contributed by atoms with Gasteiger partial charge < -0.3 is 19.8 Å². The number of hydrogen-bond acceptors (Lipinski definition) is 4. The number of likely N-dealkylation sites (N-methyl/N-ethyl adjacent to an activating group) is 1. The van der Waals surface area contributed by atoms with Crippen LogP contribution in [0.2, 0.25) is 0 Å². The van der Waals surface area contributed by atoms with E-state index in [9.17, 15) is 15.0 Å². The van der Waals surface area contributed by atoms with Crippen LogP contribution in [0.25, 0.3) is 0 Å². The summed E-state index contributed by atoms with van der Waals surface area (Å²) in [6.07, 6.45) is 4.07. The monoisotopic (exact) mass is 364 g/mol. The largest absolute Gasteiger partial charge is 0.460 e. The SMILES string of the molecule is CC[NH+](CC)C[C@H](O)COC(=O)[C@@](O)(c1ccccc1)C1CCCCC1. The topological polar surface area (TPSA) is 71.2 Å². The molecule has 1 aromatic carbocycles. The molecule has 0 aromatic heterocycles. The maximum atomic E-state index is 12.9. The molecule has 2 rings (SSSR count). The molecule has 0 radical (unpaired) electrons. The number of carbonyl (C=O) groups is 1. The summed E-state index contributed by atoms with van der Waals surface area (Å²) in [5, 5.41) is 21.6. The Kier molecular flexibility index (Phi) is 8.07. The predicted octanol–water partition coefficient (Wildman–Crippen LogP) is 1.28. The van der Waals surface area contributed by atoms with E-state index in [2.05, 4.69) is 13.8 Å². The minimum absolute atomic E-state index is 0.0792. The first-order chi connectivity index (χ1) is 12.5. The Labute approximate surface area is 157 Å². The normalized spacial score (nSPS) is 19.1. The summed E-state index contributed by atoms with van der Waals surface area (Å²) >= 11 is 0. The molecule has 0 unspecified atom stereocenters. The van der Waals surface area contributed by atoms with Crippen LogP contribution in [0.4, 0.5) is 0 Å². The van der Waals surface area contributed by atoms with Crippen molar-refractivity contribution in [2.45, 2.75) is 57.7 Å². The molecule has 0 saturated heterocycles. The number of hydrogen-bond donors (Lipinski definition) is 3. The lowest BCUT2D eigenvalue weighted by atomic mass is 9.73. The van der Waals surface area contributed by atoms with Crippen molar-refractivity contribution in [3.8, 4) is 0 Å². The maximum Gasteiger partial charge on any atom is 0.343 e. The summed E-state index contributed by atoms with van der Waals surface area (Å²) in [5.74, 6) is -0.777. The first-order valence-corrected chi connectivity index (χ1v) is 9.99. The zero-order valence-electron chi connectivity index (χ0n) is 16.1. The quantitative estimate of drug-likeness (QED) is 0.578. The number of esters is 1. The van der Waals surface area contributed by atoms with Gasteiger partial charge in [0.2, 0.25) is 0 Å². The van der Waals surface area contributed by atoms with Crippen molar-refractivity contribution in [3.05, 3.63) is 35.9 Å². The first-order valence-electron chi connectivity index (χ1n) is 9.99. The Morgan fingerprint density at radius 2 is 1.81 bits per heavy atom. The molecule has 1 fully saturated rings. The molecule has 0 heterocycles. The molecule has 1 aliphatic rings. The Morgan fingerprint density at radius 1 is 1.19 bits per heavy atom. The van der Waals surface area contributed by atoms with Gasteiger partial charge in [-0.1, -0.05) is 49.6 Å². The predicted molar refractivity (Wildman–Crippen MR) is 101 cm³/mol. The Bertz CT molecular complexity index is 540. The molecule has 0 aliphatic heterocycles. The van der Waals surface area contributed by atoms with Crippen LogP contribution in [-0.4, -0.2) is 48.5 Å². The van der Waals surface area contributed by atoms with Gasteiger partial charge in [-0.15, -0.1) is 0 Å². The number of quaternary nitrogens is 1. The molecule has 0 amide bonds. The van der Waals surface area contributed by atoms with E-state index < -0.39 is 17.7 Å². The molecule has 0 bridgehead atoms. The lowest BCUT2D eigenvalue weighted by Gasteiger charge is -2.37. The van der Waals surface area contributed by atoms with Crippen molar-refractivity contribution in [1.82, 2.24) is 0 Å². The average molecular weight is 365 g/mol. The lowest BCUT2D eigenvalue weighted by molar-refractivity contribution is -0.899. The molecule has 0 spiro atoms. The van der Waals surface area contributed by atoms with Gasteiger partial charge in [-0.2, -0.15) is 0 Å². The fourth-order valence-corrected chi connectivity index (χ4v) is 3.95. The number of carbonyl (C=O) groups excluding carboxylic acids is 1. The lowest BCUT2D eigenvalue weighted by Crippen LogP contribution is -3.12. The number of nitrogens with one attached hydrogen (secondary N) is 1. The van der Waals surface area contributed by atoms with Crippen LogP contribution in [0.1, 0.15) is 51.5 Å². The number of aliphatic hydroxyl groups is 2. The Balaban J connectivity index is 2.08. The van der Waals surface area contributed by atoms with Gasteiger partial charge in [0.05, 0.1) is 13.1 Å². The highest BCUT2D eigenvalue weighted by molar-refractivity contribution is 5.81. The van der Waals surface area contributed by atoms with Crippen molar-refractivity contribution < 1.29 is 24.6 Å². The first kappa shape index (κ1) is 20.9. The highest BCUT2D eigenvalue weighted by Crippen LogP contribution is 2.40. The highest BCUT2D eigenvalue weighted by atomic mass is 16.6. The molecule has 1 saturated carbocycles. The molecule has 26 heavy (non-hydrogen) atoms. The summed E-state index contributed by atoms with van der Waals surface area (Å²) in [4.78, 5) is 14.2. The van der Waals surface area contributed by atoms with Gasteiger partial charge in [0.15, 0.2) is 5.60 Å². The highest BCUT2D eigenvalue weighted by Gasteiger charge is 2.47. The minimum atomic E-state index is -1.64. The average Bonchev–Trinajstić information content (AvgIpc) is 2.70. The van der Waals surface area contributed by atoms with E-state index in [1.54, 1.807) is 12.1 Å². The fraction of sp³-hybridized carbons (Fsp3) is 0.667. The minimum Gasteiger partial charge on any atom is -0.460 e. The molecule has 146 valence electrons. The van der Waals surface area contributed by atoms with Gasteiger partial charge in [0, 0.05) is 5.92 Å². The molecule has 5 nitrogen and oxygen atoms in total. The van der Waals surface area contributed by atoms with Crippen LogP contribution >= 0.6 is 0 Å². The van der Waals surface area contributed by atoms with Crippen molar-refractivity contribution in [2.75, 3.05) is 26.2 Å². The van der Waals surface area contributed by atoms with Crippen molar-refractivity contribution in [2.24, 2.45) is 5.92 Å². The van der Waals surface area contributed by atoms with Crippen LogP contribution in [0, 0.1) is 5.92 Å². The van der Waals surface area contributed by atoms with Gasteiger partial charge in [0.25, 0.3) is 0 Å². The van der Waals surface area contributed by atoms with Crippen molar-refractivity contribution in [3.63, 3.8) is 0 Å². The maximum absolute atomic E-state index is 12.9. The van der Waals surface area contributed by atoms with E-state index >= 15 is 0 Å². The van der Waals surface area contributed by atoms with Crippen LogP contribution in [0.3, 0.4) is 0 Å². The second-order valence-electron chi connectivity index (χ2n) is 7.38. The molecular weight excluding hydrogens is 330 g/mol. The third-order valence-corrected chi connectivity index (χ3v) is 5.65. The van der Waals surface area contributed by atoms with Gasteiger partial charge in [-0.25, -0.2) is 4.79 Å². The number of benzene rings is 1. The van der Waals surface area contributed by atoms with Gasteiger partial charge in [0.1, 0.15) is 19.3 Å². The zero-order valence-corrected chi connectivity index (χ0v) is 16.1. The van der Waals surface area contributed by atoms with E-state index in [1.165, 1.54) is 4.90 Å². The van der Waals surface area contributed by atoms with Crippen molar-refractivity contribution in [1.29, 1.82) is 0 Å². The summed E-state index contributed by atoms with van der Waals surface area (Å²) < 4.78 is 5.41. The van der Waals surface area contributed by atoms with Gasteiger partial charge in [-0.05, 0) is 32.3 Å². The van der Waals surface area contributed by atoms with E-state index in [1.807, 2.05) is 18.2 Å². The molecular formula is C21H34NO4+. The number of aliphatic hydroxyl groups excluding tert-OH is 1. The Hall–Kier alpha value is -1.43. The van der Waals surface area contributed by atoms with E-state index in [0.717, 1.165) is 45.2 Å². The molecule has 1 aromatic rings. The molecule has 1 aliphatic carbocycles. The number of rotatable bonds is 9. The Morgan fingerprint density at radius 3 is 2.38 bits per heavy atom. The molecule has 5 heteroatoms. The smallest absolute Gasteiger partial charge is 0.343 e. The number of ether oxygens (including phenoxy) is 1. The van der Waals surface area contributed by atoms with Crippen LogP contribution < -0.4 is 4.90 Å². The summed E-state index contributed by atoms with van der Waals surface area (Å²) in [5.41, 5.74) is -1.05. The van der Waals surface area contributed by atoms with Gasteiger partial charge in [-0.3, -0.25) is 0 Å². The summed E-state index contributed by atoms with van der Waals surface area (Å²) in [6, 6.07) is 9.09. The van der Waals surface area contributed by atoms with Crippen molar-refractivity contribution >= 4 is 5.97 Å².